The van der Waals surface area contributed by atoms with Crippen molar-refractivity contribution < 1.29 is 14.2 Å². The molecule has 142 valence electrons. The van der Waals surface area contributed by atoms with Gasteiger partial charge in [0.25, 0.3) is 0 Å². The van der Waals surface area contributed by atoms with E-state index in [1.165, 1.54) is 14.2 Å². The first-order valence-electron chi connectivity index (χ1n) is 8.06. The number of methoxy groups -OCH3 is 2. The van der Waals surface area contributed by atoms with Crippen molar-refractivity contribution in [2.75, 3.05) is 20.0 Å². The van der Waals surface area contributed by atoms with Crippen LogP contribution in [-0.4, -0.2) is 35.3 Å². The van der Waals surface area contributed by atoms with E-state index in [0.29, 0.717) is 49.6 Å². The number of nitrogens with zero attached hydrogens (tertiary/aromatic N) is 3. The molecule has 0 radical (unpaired) electrons. The first-order chi connectivity index (χ1) is 12.8. The summed E-state index contributed by atoms with van der Waals surface area (Å²) in [6.45, 7) is 3.78. The van der Waals surface area contributed by atoms with Crippen molar-refractivity contribution in [2.45, 2.75) is 20.0 Å². The second-order valence-electron chi connectivity index (χ2n) is 5.93. The van der Waals surface area contributed by atoms with Gasteiger partial charge in [-0.25, -0.2) is 15.0 Å². The lowest BCUT2D eigenvalue weighted by atomic mass is 10.1. The lowest BCUT2D eigenvalue weighted by molar-refractivity contribution is 0.236. The van der Waals surface area contributed by atoms with Gasteiger partial charge in [-0.15, -0.1) is 0 Å². The number of benzene rings is 1. The predicted molar refractivity (Wildman–Crippen MR) is 106 cm³/mol. The third kappa shape index (κ3) is 3.65. The summed E-state index contributed by atoms with van der Waals surface area (Å²) in [5.74, 6) is 1.26. The van der Waals surface area contributed by atoms with Gasteiger partial charge in [-0.05, 0) is 19.9 Å². The van der Waals surface area contributed by atoms with Gasteiger partial charge in [-0.1, -0.05) is 23.2 Å². The third-order valence-corrected chi connectivity index (χ3v) is 4.48. The van der Waals surface area contributed by atoms with Gasteiger partial charge in [0.15, 0.2) is 0 Å². The zero-order valence-corrected chi connectivity index (χ0v) is 16.7. The number of pyridine rings is 1. The van der Waals surface area contributed by atoms with E-state index in [1.807, 2.05) is 13.8 Å². The fourth-order valence-corrected chi connectivity index (χ4v) is 3.26. The molecule has 0 atom stereocenters. The highest BCUT2D eigenvalue weighted by molar-refractivity contribution is 6.41. The summed E-state index contributed by atoms with van der Waals surface area (Å²) in [6, 6.07) is 3.37. The van der Waals surface area contributed by atoms with E-state index in [2.05, 4.69) is 15.0 Å². The number of ether oxygens (including phenoxy) is 3. The Morgan fingerprint density at radius 3 is 2.19 bits per heavy atom. The highest BCUT2D eigenvalue weighted by atomic mass is 35.5. The lowest BCUT2D eigenvalue weighted by Crippen LogP contribution is -2.09. The van der Waals surface area contributed by atoms with Crippen LogP contribution < -0.4 is 19.9 Å². The molecule has 0 saturated heterocycles. The average Bonchev–Trinajstić information content (AvgIpc) is 2.62. The first-order valence-corrected chi connectivity index (χ1v) is 8.81. The van der Waals surface area contributed by atoms with E-state index in [4.69, 9.17) is 43.1 Å². The fraction of sp³-hybridized carbons (Fsp3) is 0.278. The number of nitrogens with two attached hydrogens (primary N) is 1. The van der Waals surface area contributed by atoms with Gasteiger partial charge >= 0.3 is 0 Å². The first kappa shape index (κ1) is 19.3. The molecule has 2 aromatic heterocycles. The minimum atomic E-state index is -0.127. The molecule has 1 aromatic carbocycles. The molecular formula is C18H18Cl2N4O3. The van der Waals surface area contributed by atoms with Crippen molar-refractivity contribution in [1.29, 1.82) is 0 Å². The minimum Gasteiger partial charge on any atom is -0.495 e. The van der Waals surface area contributed by atoms with E-state index in [1.54, 1.807) is 18.3 Å². The molecule has 0 fully saturated rings. The lowest BCUT2D eigenvalue weighted by Gasteiger charge is -2.16. The van der Waals surface area contributed by atoms with Crippen molar-refractivity contribution in [2.24, 2.45) is 0 Å². The van der Waals surface area contributed by atoms with Crippen LogP contribution in [0, 0.1) is 0 Å². The summed E-state index contributed by atoms with van der Waals surface area (Å²) < 4.78 is 16.5. The molecule has 0 bridgehead atoms. The van der Waals surface area contributed by atoms with Crippen LogP contribution in [0.5, 0.6) is 17.4 Å². The number of halogens is 2. The second kappa shape index (κ2) is 7.62. The molecule has 27 heavy (non-hydrogen) atoms. The fourth-order valence-electron chi connectivity index (χ4n) is 2.57. The summed E-state index contributed by atoms with van der Waals surface area (Å²) in [6.07, 6.45) is 1.47. The number of rotatable bonds is 5. The maximum atomic E-state index is 6.52. The number of aromatic nitrogens is 3. The predicted octanol–water partition coefficient (Wildman–Crippen LogP) is 4.39. The van der Waals surface area contributed by atoms with Crippen LogP contribution in [0.1, 0.15) is 13.8 Å². The SMILES string of the molecule is COc1cc(OC)c(Cl)c(-c2cc3cnc(N)nc3c(OC(C)C)n2)c1Cl. The van der Waals surface area contributed by atoms with Crippen LogP contribution in [0.15, 0.2) is 18.3 Å². The minimum absolute atomic E-state index is 0.127. The van der Waals surface area contributed by atoms with Crippen molar-refractivity contribution >= 4 is 40.1 Å². The largest absolute Gasteiger partial charge is 0.495 e. The Hall–Kier alpha value is -2.51. The van der Waals surface area contributed by atoms with Crippen LogP contribution in [-0.2, 0) is 0 Å². The van der Waals surface area contributed by atoms with E-state index in [9.17, 15) is 0 Å². The summed E-state index contributed by atoms with van der Waals surface area (Å²) in [5, 5.41) is 1.29. The van der Waals surface area contributed by atoms with E-state index in [0.717, 1.165) is 0 Å². The number of anilines is 1. The van der Waals surface area contributed by atoms with E-state index < -0.39 is 0 Å². The Morgan fingerprint density at radius 2 is 1.63 bits per heavy atom. The molecule has 0 spiro atoms. The highest BCUT2D eigenvalue weighted by Crippen LogP contribution is 2.46. The number of fused-ring (bicyclic) bond motifs is 1. The zero-order valence-electron chi connectivity index (χ0n) is 15.2. The van der Waals surface area contributed by atoms with Gasteiger partial charge < -0.3 is 19.9 Å². The number of hydrogen-bond donors (Lipinski definition) is 1. The van der Waals surface area contributed by atoms with Crippen molar-refractivity contribution in [3.8, 4) is 28.6 Å². The molecule has 2 heterocycles. The maximum Gasteiger partial charge on any atom is 0.241 e. The van der Waals surface area contributed by atoms with E-state index >= 15 is 0 Å². The third-order valence-electron chi connectivity index (χ3n) is 3.73. The molecule has 0 aliphatic rings. The highest BCUT2D eigenvalue weighted by Gasteiger charge is 2.22. The zero-order chi connectivity index (χ0) is 19.7. The molecule has 0 saturated carbocycles. The van der Waals surface area contributed by atoms with Crippen molar-refractivity contribution in [3.63, 3.8) is 0 Å². The maximum absolute atomic E-state index is 6.52. The molecule has 7 nitrogen and oxygen atoms in total. The van der Waals surface area contributed by atoms with Crippen molar-refractivity contribution in [3.05, 3.63) is 28.4 Å². The standard InChI is InChI=1S/C18H18Cl2N4O3/c1-8(2)27-17-16-9(7-22-18(21)24-16)5-10(23-17)13-14(19)11(25-3)6-12(26-4)15(13)20/h5-8H,1-4H3,(H2,21,22,24). The second-order valence-corrected chi connectivity index (χ2v) is 6.69. The quantitative estimate of drug-likeness (QED) is 0.668. The normalized spacial score (nSPS) is 11.1. The Bertz CT molecular complexity index is 984. The van der Waals surface area contributed by atoms with Crippen LogP contribution in [0.2, 0.25) is 10.0 Å². The number of hydrogen-bond acceptors (Lipinski definition) is 7. The topological polar surface area (TPSA) is 92.4 Å². The van der Waals surface area contributed by atoms with Crippen LogP contribution in [0.3, 0.4) is 0 Å². The van der Waals surface area contributed by atoms with Crippen LogP contribution in [0.25, 0.3) is 22.2 Å². The van der Waals surface area contributed by atoms with Gasteiger partial charge in [0, 0.05) is 23.2 Å². The van der Waals surface area contributed by atoms with Gasteiger partial charge in [-0.3, -0.25) is 0 Å². The number of nitrogen functional groups attached to an aromatic ring is 1. The molecular weight excluding hydrogens is 391 g/mol. The summed E-state index contributed by atoms with van der Waals surface area (Å²) in [7, 11) is 3.02. The van der Waals surface area contributed by atoms with Gasteiger partial charge in [0.2, 0.25) is 11.8 Å². The molecule has 0 aliphatic heterocycles. The smallest absolute Gasteiger partial charge is 0.241 e. The Morgan fingerprint density at radius 1 is 1.00 bits per heavy atom. The molecule has 0 unspecified atom stereocenters. The van der Waals surface area contributed by atoms with Crippen LogP contribution in [0.4, 0.5) is 5.95 Å². The molecule has 9 heteroatoms. The molecule has 3 rings (SSSR count). The van der Waals surface area contributed by atoms with E-state index in [-0.39, 0.29) is 12.1 Å². The van der Waals surface area contributed by atoms with Gasteiger partial charge in [0.05, 0.1) is 36.1 Å². The Labute approximate surface area is 166 Å². The summed E-state index contributed by atoms with van der Waals surface area (Å²) >= 11 is 13.0. The molecule has 0 aliphatic carbocycles. The summed E-state index contributed by atoms with van der Waals surface area (Å²) in [4.78, 5) is 12.9. The Balaban J connectivity index is 2.34. The molecule has 3 aromatic rings. The summed E-state index contributed by atoms with van der Waals surface area (Å²) in [5.41, 5.74) is 7.15. The Kier molecular flexibility index (Phi) is 5.43. The van der Waals surface area contributed by atoms with Crippen LogP contribution >= 0.6 is 23.2 Å². The van der Waals surface area contributed by atoms with Gasteiger partial charge in [0.1, 0.15) is 17.0 Å². The van der Waals surface area contributed by atoms with Gasteiger partial charge in [-0.2, -0.15) is 0 Å². The molecule has 2 N–H and O–H groups in total. The monoisotopic (exact) mass is 408 g/mol. The molecule has 0 amide bonds. The average molecular weight is 409 g/mol. The van der Waals surface area contributed by atoms with Crippen molar-refractivity contribution in [1.82, 2.24) is 15.0 Å².